The van der Waals surface area contributed by atoms with Gasteiger partial charge in [-0.25, -0.2) is 0 Å². The molecule has 1 rings (SSSR count). The topological polar surface area (TPSA) is 26.3 Å². The van der Waals surface area contributed by atoms with Crippen LogP contribution in [0.15, 0.2) is 0 Å². The summed E-state index contributed by atoms with van der Waals surface area (Å²) in [5.74, 6) is 0. The molecule has 1 atom stereocenters. The summed E-state index contributed by atoms with van der Waals surface area (Å²) >= 11 is 0. The first kappa shape index (κ1) is 5.76. The molecule has 0 amide bonds. The van der Waals surface area contributed by atoms with Crippen LogP contribution >= 0.6 is 0 Å². The van der Waals surface area contributed by atoms with Crippen LogP contribution in [0.2, 0.25) is 0 Å². The van der Waals surface area contributed by atoms with Crippen molar-refractivity contribution in [1.29, 1.82) is 0 Å². The molecule has 2 heteroatoms. The summed E-state index contributed by atoms with van der Waals surface area (Å²) in [5.41, 5.74) is 0. The Kier molecular flexibility index (Phi) is 2.03. The molecule has 1 fully saturated rings. The Balaban J connectivity index is 2.14. The zero-order chi connectivity index (χ0) is 5.82. The molecule has 1 heterocycles. The van der Waals surface area contributed by atoms with E-state index >= 15 is 0 Å². The summed E-state index contributed by atoms with van der Waals surface area (Å²) in [6.07, 6.45) is 4.62. The fourth-order valence-electron chi connectivity index (χ4n) is 0.898. The molecule has 2 nitrogen and oxygen atoms in total. The molecular formula is C6H9O2. The molecule has 0 aromatic heterocycles. The molecule has 1 saturated heterocycles. The molecular weight excluding hydrogens is 104 g/mol. The largest absolute Gasteiger partial charge is 0.378 e. The van der Waals surface area contributed by atoms with Gasteiger partial charge in [-0.2, -0.15) is 0 Å². The summed E-state index contributed by atoms with van der Waals surface area (Å²) in [4.78, 5) is 9.76. The number of hydrogen-bond donors (Lipinski definition) is 0. The van der Waals surface area contributed by atoms with E-state index in [1.54, 1.807) is 0 Å². The smallest absolute Gasteiger partial charge is 0.201 e. The maximum absolute atomic E-state index is 9.76. The molecule has 0 spiro atoms. The van der Waals surface area contributed by atoms with Crippen molar-refractivity contribution < 1.29 is 9.53 Å². The molecule has 0 aromatic rings. The van der Waals surface area contributed by atoms with E-state index in [1.807, 2.05) is 6.29 Å². The summed E-state index contributed by atoms with van der Waals surface area (Å²) in [7, 11) is 0. The van der Waals surface area contributed by atoms with Gasteiger partial charge in [0, 0.05) is 13.0 Å². The standard InChI is InChI=1S/C6H9O2/c7-4-3-6-2-1-5-8-6/h6H,1-3,5H2. The Bertz CT molecular complexity index is 74.6. The second-order valence-electron chi connectivity index (χ2n) is 1.98. The van der Waals surface area contributed by atoms with Crippen LogP contribution in [-0.2, 0) is 9.53 Å². The number of hydrogen-bond acceptors (Lipinski definition) is 2. The Morgan fingerprint density at radius 1 is 1.75 bits per heavy atom. The molecule has 0 bridgehead atoms. The van der Waals surface area contributed by atoms with Crippen molar-refractivity contribution in [2.45, 2.75) is 25.4 Å². The minimum absolute atomic E-state index is 0.187. The van der Waals surface area contributed by atoms with E-state index in [0.717, 1.165) is 19.4 Å². The lowest BCUT2D eigenvalue weighted by molar-refractivity contribution is 0.116. The molecule has 1 aliphatic heterocycles. The van der Waals surface area contributed by atoms with Gasteiger partial charge in [-0.1, -0.05) is 0 Å². The highest BCUT2D eigenvalue weighted by atomic mass is 16.5. The van der Waals surface area contributed by atoms with Gasteiger partial charge in [-0.15, -0.1) is 0 Å². The molecule has 0 N–H and O–H groups in total. The average Bonchev–Trinajstić information content (AvgIpc) is 2.19. The third-order valence-corrected chi connectivity index (χ3v) is 1.33. The van der Waals surface area contributed by atoms with E-state index in [2.05, 4.69) is 0 Å². The van der Waals surface area contributed by atoms with E-state index in [9.17, 15) is 4.79 Å². The lowest BCUT2D eigenvalue weighted by atomic mass is 10.2. The molecule has 1 radical (unpaired) electrons. The average molecular weight is 113 g/mol. The van der Waals surface area contributed by atoms with Gasteiger partial charge in [0.2, 0.25) is 6.29 Å². The van der Waals surface area contributed by atoms with Crippen molar-refractivity contribution in [3.8, 4) is 0 Å². The van der Waals surface area contributed by atoms with Gasteiger partial charge in [-0.3, -0.25) is 4.79 Å². The normalized spacial score (nSPS) is 28.2. The summed E-state index contributed by atoms with van der Waals surface area (Å²) in [5, 5.41) is 0. The second-order valence-corrected chi connectivity index (χ2v) is 1.98. The van der Waals surface area contributed by atoms with Crippen molar-refractivity contribution >= 4 is 6.29 Å². The zero-order valence-electron chi connectivity index (χ0n) is 4.72. The monoisotopic (exact) mass is 113 g/mol. The van der Waals surface area contributed by atoms with Crippen LogP contribution in [0, 0.1) is 0 Å². The van der Waals surface area contributed by atoms with Gasteiger partial charge in [0.15, 0.2) is 0 Å². The molecule has 45 valence electrons. The highest BCUT2D eigenvalue weighted by molar-refractivity contribution is 5.51. The Morgan fingerprint density at radius 2 is 2.62 bits per heavy atom. The van der Waals surface area contributed by atoms with E-state index < -0.39 is 0 Å². The van der Waals surface area contributed by atoms with Gasteiger partial charge in [0.05, 0.1) is 6.10 Å². The van der Waals surface area contributed by atoms with Gasteiger partial charge < -0.3 is 4.74 Å². The SMILES string of the molecule is O=[C]CC1CCCO1. The molecule has 0 aromatic carbocycles. The van der Waals surface area contributed by atoms with Crippen molar-refractivity contribution in [1.82, 2.24) is 0 Å². The predicted molar refractivity (Wildman–Crippen MR) is 29.3 cm³/mol. The maximum atomic E-state index is 9.76. The first-order valence-corrected chi connectivity index (χ1v) is 2.90. The van der Waals surface area contributed by atoms with Crippen molar-refractivity contribution in [3.05, 3.63) is 0 Å². The fourth-order valence-corrected chi connectivity index (χ4v) is 0.898. The first-order chi connectivity index (χ1) is 3.93. The third kappa shape index (κ3) is 1.30. The van der Waals surface area contributed by atoms with Crippen molar-refractivity contribution in [2.24, 2.45) is 0 Å². The molecule has 8 heavy (non-hydrogen) atoms. The van der Waals surface area contributed by atoms with Crippen LogP contribution in [0.25, 0.3) is 0 Å². The first-order valence-electron chi connectivity index (χ1n) is 2.90. The van der Waals surface area contributed by atoms with Crippen LogP contribution in [-0.4, -0.2) is 19.0 Å². The van der Waals surface area contributed by atoms with E-state index in [4.69, 9.17) is 4.74 Å². The van der Waals surface area contributed by atoms with Crippen molar-refractivity contribution in [2.75, 3.05) is 6.61 Å². The van der Waals surface area contributed by atoms with Gasteiger partial charge in [0.1, 0.15) is 0 Å². The summed E-state index contributed by atoms with van der Waals surface area (Å²) < 4.78 is 5.13. The quantitative estimate of drug-likeness (QED) is 0.526. The Morgan fingerprint density at radius 3 is 3.12 bits per heavy atom. The maximum Gasteiger partial charge on any atom is 0.201 e. The van der Waals surface area contributed by atoms with Crippen LogP contribution < -0.4 is 0 Å². The predicted octanol–water partition coefficient (Wildman–Crippen LogP) is 0.665. The van der Waals surface area contributed by atoms with Crippen LogP contribution in [0.5, 0.6) is 0 Å². The van der Waals surface area contributed by atoms with Crippen LogP contribution in [0.4, 0.5) is 0 Å². The highest BCUT2D eigenvalue weighted by Crippen LogP contribution is 2.13. The fraction of sp³-hybridized carbons (Fsp3) is 0.833. The van der Waals surface area contributed by atoms with Gasteiger partial charge >= 0.3 is 0 Å². The minimum Gasteiger partial charge on any atom is -0.378 e. The van der Waals surface area contributed by atoms with E-state index in [1.165, 1.54) is 0 Å². The molecule has 0 saturated carbocycles. The van der Waals surface area contributed by atoms with E-state index in [-0.39, 0.29) is 6.10 Å². The third-order valence-electron chi connectivity index (χ3n) is 1.33. The van der Waals surface area contributed by atoms with Crippen LogP contribution in [0.3, 0.4) is 0 Å². The zero-order valence-corrected chi connectivity index (χ0v) is 4.72. The Hall–Kier alpha value is -0.370. The molecule has 0 aliphatic carbocycles. The summed E-state index contributed by atoms with van der Waals surface area (Å²) in [6.45, 7) is 0.826. The van der Waals surface area contributed by atoms with E-state index in [0.29, 0.717) is 6.42 Å². The lowest BCUT2D eigenvalue weighted by Gasteiger charge is -2.00. The minimum atomic E-state index is 0.187. The number of ether oxygens (including phenoxy) is 1. The number of rotatable bonds is 2. The van der Waals surface area contributed by atoms with Gasteiger partial charge in [-0.05, 0) is 12.8 Å². The van der Waals surface area contributed by atoms with Crippen LogP contribution in [0.1, 0.15) is 19.3 Å². The Labute approximate surface area is 48.8 Å². The second kappa shape index (κ2) is 2.82. The van der Waals surface area contributed by atoms with Crippen molar-refractivity contribution in [3.63, 3.8) is 0 Å². The molecule has 1 aliphatic rings. The highest BCUT2D eigenvalue weighted by Gasteiger charge is 2.13. The van der Waals surface area contributed by atoms with Gasteiger partial charge in [0.25, 0.3) is 0 Å². The summed E-state index contributed by atoms with van der Waals surface area (Å²) in [6, 6.07) is 0. The lowest BCUT2D eigenvalue weighted by Crippen LogP contribution is -2.03. The number of carbonyl (C=O) groups excluding carboxylic acids is 1. The molecule has 1 unspecified atom stereocenters.